The van der Waals surface area contributed by atoms with Gasteiger partial charge in [0, 0.05) is 0 Å². The van der Waals surface area contributed by atoms with Crippen LogP contribution >= 0.6 is 0 Å². The van der Waals surface area contributed by atoms with Gasteiger partial charge in [-0.25, -0.2) is 0 Å². The van der Waals surface area contributed by atoms with Crippen molar-refractivity contribution in [1.82, 2.24) is 0 Å². The second-order valence-corrected chi connectivity index (χ2v) is 4.04. The van der Waals surface area contributed by atoms with Crippen molar-refractivity contribution < 1.29 is 0 Å². The molecule has 2 rings (SSSR count). The maximum atomic E-state index is 2.13. The Kier molecular flexibility index (Phi) is 3.93. The van der Waals surface area contributed by atoms with Gasteiger partial charge in [0.15, 0.2) is 0 Å². The average molecular weight is 220 g/mol. The Balaban J connectivity index is 1.98. The fraction of sp³-hybridized carbons (Fsp3) is 0.0588. The van der Waals surface area contributed by atoms with Crippen LogP contribution in [0.1, 0.15) is 16.7 Å². The van der Waals surface area contributed by atoms with Crippen LogP contribution in [-0.4, -0.2) is 0 Å². The van der Waals surface area contributed by atoms with Gasteiger partial charge in [0.2, 0.25) is 0 Å². The normalized spacial score (nSPS) is 11.4. The molecular weight excluding hydrogens is 204 g/mol. The largest absolute Gasteiger partial charge is 0.0622 e. The molecule has 0 aromatic heterocycles. The Morgan fingerprint density at radius 1 is 0.647 bits per heavy atom. The molecule has 0 spiro atoms. The first-order valence-electron chi connectivity index (χ1n) is 5.81. The molecule has 0 heterocycles. The summed E-state index contributed by atoms with van der Waals surface area (Å²) < 4.78 is 0. The number of benzene rings is 2. The summed E-state index contributed by atoms with van der Waals surface area (Å²) in [4.78, 5) is 0. The van der Waals surface area contributed by atoms with Gasteiger partial charge in [0.25, 0.3) is 0 Å². The van der Waals surface area contributed by atoms with Crippen molar-refractivity contribution in [3.8, 4) is 0 Å². The zero-order chi connectivity index (χ0) is 11.9. The van der Waals surface area contributed by atoms with E-state index >= 15 is 0 Å². The van der Waals surface area contributed by atoms with E-state index in [2.05, 4.69) is 67.6 Å². The molecule has 0 unspecified atom stereocenters. The van der Waals surface area contributed by atoms with Crippen LogP contribution in [0.25, 0.3) is 12.2 Å². The van der Waals surface area contributed by atoms with Gasteiger partial charge in [-0.2, -0.15) is 0 Å². The summed E-state index contributed by atoms with van der Waals surface area (Å²) in [7, 11) is 0. The van der Waals surface area contributed by atoms with E-state index in [9.17, 15) is 0 Å². The lowest BCUT2D eigenvalue weighted by Crippen LogP contribution is -1.72. The number of aryl methyl sites for hydroxylation is 1. The summed E-state index contributed by atoms with van der Waals surface area (Å²) in [5.41, 5.74) is 3.75. The van der Waals surface area contributed by atoms with E-state index in [0.29, 0.717) is 0 Å². The molecule has 84 valence electrons. The first kappa shape index (κ1) is 11.4. The van der Waals surface area contributed by atoms with Gasteiger partial charge < -0.3 is 0 Å². The highest BCUT2D eigenvalue weighted by molar-refractivity contribution is 5.57. The summed E-state index contributed by atoms with van der Waals surface area (Å²) in [6, 6.07) is 18.8. The molecule has 0 nitrogen and oxygen atoms in total. The summed E-state index contributed by atoms with van der Waals surface area (Å²) in [5, 5.41) is 0. The minimum Gasteiger partial charge on any atom is -0.0622 e. The molecule has 0 amide bonds. The highest BCUT2D eigenvalue weighted by atomic mass is 13.9. The van der Waals surface area contributed by atoms with Crippen LogP contribution < -0.4 is 0 Å². The second-order valence-electron chi connectivity index (χ2n) is 4.04. The van der Waals surface area contributed by atoms with Crippen molar-refractivity contribution in [3.05, 3.63) is 83.4 Å². The molecule has 2 aromatic rings. The lowest BCUT2D eigenvalue weighted by molar-refractivity contribution is 1.46. The third kappa shape index (κ3) is 3.76. The number of allylic oxidation sites excluding steroid dienone is 2. The fourth-order valence-corrected chi connectivity index (χ4v) is 1.58. The van der Waals surface area contributed by atoms with Gasteiger partial charge >= 0.3 is 0 Å². The fourth-order valence-electron chi connectivity index (χ4n) is 1.58. The van der Waals surface area contributed by atoms with Gasteiger partial charge in [-0.3, -0.25) is 0 Å². The predicted molar refractivity (Wildman–Crippen MR) is 75.7 cm³/mol. The van der Waals surface area contributed by atoms with Gasteiger partial charge in [0.1, 0.15) is 0 Å². The van der Waals surface area contributed by atoms with Crippen molar-refractivity contribution in [2.75, 3.05) is 0 Å². The SMILES string of the molecule is Cc1ccc(C=C/C=C/c2ccccc2)cc1. The molecule has 17 heavy (non-hydrogen) atoms. The number of hydrogen-bond donors (Lipinski definition) is 0. The van der Waals surface area contributed by atoms with Crippen molar-refractivity contribution in [1.29, 1.82) is 0 Å². The monoisotopic (exact) mass is 220 g/mol. The zero-order valence-corrected chi connectivity index (χ0v) is 10.0. The molecule has 0 fully saturated rings. The van der Waals surface area contributed by atoms with E-state index in [-0.39, 0.29) is 0 Å². The van der Waals surface area contributed by atoms with Crippen molar-refractivity contribution in [2.24, 2.45) is 0 Å². The molecule has 0 bridgehead atoms. The van der Waals surface area contributed by atoms with Crippen molar-refractivity contribution in [3.63, 3.8) is 0 Å². The minimum atomic E-state index is 1.22. The third-order valence-electron chi connectivity index (χ3n) is 2.57. The van der Waals surface area contributed by atoms with Gasteiger partial charge in [-0.05, 0) is 18.1 Å². The van der Waals surface area contributed by atoms with E-state index in [1.807, 2.05) is 18.2 Å². The molecule has 2 aromatic carbocycles. The molecule has 0 heteroatoms. The standard InChI is InChI=1S/C17H16/c1-15-11-13-17(14-12-15)10-6-5-9-16-7-3-2-4-8-16/h2-14H,1H3/b9-5+,10-6?. The van der Waals surface area contributed by atoms with Crippen LogP contribution in [0.15, 0.2) is 66.7 Å². The van der Waals surface area contributed by atoms with Gasteiger partial charge in [0.05, 0.1) is 0 Å². The molecule has 0 N–H and O–H groups in total. The molecule has 0 atom stereocenters. The molecule has 0 radical (unpaired) electrons. The minimum absolute atomic E-state index is 1.22. The third-order valence-corrected chi connectivity index (χ3v) is 2.57. The van der Waals surface area contributed by atoms with Crippen LogP contribution in [0, 0.1) is 6.92 Å². The highest BCUT2D eigenvalue weighted by Gasteiger charge is 1.85. The molecule has 0 saturated carbocycles. The van der Waals surface area contributed by atoms with E-state index in [0.717, 1.165) is 0 Å². The van der Waals surface area contributed by atoms with Gasteiger partial charge in [-0.1, -0.05) is 84.5 Å². The predicted octanol–water partition coefficient (Wildman–Crippen LogP) is 4.72. The summed E-state index contributed by atoms with van der Waals surface area (Å²) in [6.07, 6.45) is 8.34. The Morgan fingerprint density at radius 3 is 1.76 bits per heavy atom. The van der Waals surface area contributed by atoms with Crippen LogP contribution in [0.3, 0.4) is 0 Å². The van der Waals surface area contributed by atoms with Crippen LogP contribution in [0.4, 0.5) is 0 Å². The van der Waals surface area contributed by atoms with Gasteiger partial charge in [-0.15, -0.1) is 0 Å². The molecule has 0 aliphatic carbocycles. The Labute approximate surface area is 103 Å². The number of hydrogen-bond acceptors (Lipinski definition) is 0. The Bertz CT molecular complexity index is 501. The molecule has 0 saturated heterocycles. The maximum absolute atomic E-state index is 2.13. The lowest BCUT2D eigenvalue weighted by Gasteiger charge is -1.93. The average Bonchev–Trinajstić information content (AvgIpc) is 2.38. The first-order chi connectivity index (χ1) is 8.34. The van der Waals surface area contributed by atoms with E-state index < -0.39 is 0 Å². The quantitative estimate of drug-likeness (QED) is 0.656. The van der Waals surface area contributed by atoms with Crippen LogP contribution in [0.2, 0.25) is 0 Å². The summed E-state index contributed by atoms with van der Waals surface area (Å²) >= 11 is 0. The topological polar surface area (TPSA) is 0 Å². The first-order valence-corrected chi connectivity index (χ1v) is 5.81. The van der Waals surface area contributed by atoms with Crippen LogP contribution in [0.5, 0.6) is 0 Å². The van der Waals surface area contributed by atoms with Crippen molar-refractivity contribution in [2.45, 2.75) is 6.92 Å². The molecular formula is C17H16. The van der Waals surface area contributed by atoms with E-state index in [4.69, 9.17) is 0 Å². The lowest BCUT2D eigenvalue weighted by atomic mass is 10.1. The molecule has 0 aliphatic rings. The van der Waals surface area contributed by atoms with E-state index in [1.54, 1.807) is 0 Å². The number of rotatable bonds is 3. The Hall–Kier alpha value is -2.08. The summed E-state index contributed by atoms with van der Waals surface area (Å²) in [6.45, 7) is 2.10. The highest BCUT2D eigenvalue weighted by Crippen LogP contribution is 2.06. The van der Waals surface area contributed by atoms with E-state index in [1.165, 1.54) is 16.7 Å². The second kappa shape index (κ2) is 5.86. The smallest absolute Gasteiger partial charge is 0.0256 e. The van der Waals surface area contributed by atoms with Crippen molar-refractivity contribution >= 4 is 12.2 Å². The summed E-state index contributed by atoms with van der Waals surface area (Å²) in [5.74, 6) is 0. The molecule has 0 aliphatic heterocycles. The maximum Gasteiger partial charge on any atom is -0.0256 e. The zero-order valence-electron chi connectivity index (χ0n) is 10.0. The Morgan fingerprint density at radius 2 is 1.18 bits per heavy atom. The van der Waals surface area contributed by atoms with Crippen LogP contribution in [-0.2, 0) is 0 Å².